The number of nitrogens with zero attached hydrogens (tertiary/aromatic N) is 1. The molecule has 1 aromatic carbocycles. The van der Waals surface area contributed by atoms with Crippen LogP contribution in [-0.2, 0) is 16.1 Å². The van der Waals surface area contributed by atoms with Crippen LogP contribution in [0.5, 0.6) is 0 Å². The van der Waals surface area contributed by atoms with Crippen LogP contribution in [-0.4, -0.2) is 12.6 Å². The number of ether oxygens (including phenoxy) is 1. The lowest BCUT2D eigenvalue weighted by molar-refractivity contribution is -0.686. The molecule has 1 heterocycles. The van der Waals surface area contributed by atoms with Crippen molar-refractivity contribution in [3.8, 4) is 0 Å². The molecule has 0 amide bonds. The van der Waals surface area contributed by atoms with Gasteiger partial charge in [0.1, 0.15) is 6.61 Å². The van der Waals surface area contributed by atoms with E-state index in [1.165, 1.54) is 56.9 Å². The number of anilines is 1. The molecule has 4 heteroatoms. The van der Waals surface area contributed by atoms with Crippen LogP contribution in [0.2, 0.25) is 0 Å². The second kappa shape index (κ2) is 18.4. The molecule has 0 bridgehead atoms. The maximum absolute atomic E-state index is 12.3. The minimum absolute atomic E-state index is 0.211. The van der Waals surface area contributed by atoms with Crippen LogP contribution < -0.4 is 10.3 Å². The zero-order valence-electron chi connectivity index (χ0n) is 25.2. The third-order valence-electron chi connectivity index (χ3n) is 7.45. The van der Waals surface area contributed by atoms with Gasteiger partial charge < -0.3 is 10.5 Å². The number of aromatic nitrogens is 1. The number of esters is 1. The molecule has 2 N–H and O–H groups in total. The Kier molecular flexibility index (Phi) is 15.3. The number of nitrogens with two attached hydrogens (primary N) is 1. The second-order valence-corrected chi connectivity index (χ2v) is 11.9. The molecule has 0 fully saturated rings. The molecular formula is C35H53N2O2+. The lowest BCUT2D eigenvalue weighted by atomic mass is 9.91. The largest absolute Gasteiger partial charge is 0.457 e. The van der Waals surface area contributed by atoms with Crippen molar-refractivity contribution in [2.75, 3.05) is 12.3 Å². The molecule has 2 unspecified atom stereocenters. The first-order chi connectivity index (χ1) is 18.7. The first-order valence-corrected chi connectivity index (χ1v) is 15.0. The summed E-state index contributed by atoms with van der Waals surface area (Å²) < 4.78 is 7.29. The highest BCUT2D eigenvalue weighted by Gasteiger charge is 2.10. The van der Waals surface area contributed by atoms with Crippen molar-refractivity contribution in [3.63, 3.8) is 0 Å². The van der Waals surface area contributed by atoms with Gasteiger partial charge in [-0.1, -0.05) is 102 Å². The molecule has 2 atom stereocenters. The van der Waals surface area contributed by atoms with E-state index in [1.54, 1.807) is 0 Å². The molecule has 4 nitrogen and oxygen atoms in total. The predicted octanol–water partition coefficient (Wildman–Crippen LogP) is 8.66. The van der Waals surface area contributed by atoms with Gasteiger partial charge in [-0.3, -0.25) is 0 Å². The van der Waals surface area contributed by atoms with E-state index in [-0.39, 0.29) is 12.5 Å². The van der Waals surface area contributed by atoms with Crippen LogP contribution in [0.25, 0.3) is 12.2 Å². The Morgan fingerprint density at radius 1 is 0.821 bits per heavy atom. The molecule has 0 aliphatic rings. The highest BCUT2D eigenvalue weighted by atomic mass is 16.5. The number of carbonyl (C=O) groups is 1. The Morgan fingerprint density at radius 2 is 1.36 bits per heavy atom. The number of carbonyl (C=O) groups excluding carboxylic acids is 1. The smallest absolute Gasteiger partial charge is 0.372 e. The van der Waals surface area contributed by atoms with Crippen molar-refractivity contribution in [1.29, 1.82) is 0 Å². The summed E-state index contributed by atoms with van der Waals surface area (Å²) >= 11 is 0. The van der Waals surface area contributed by atoms with Crippen molar-refractivity contribution in [2.24, 2.45) is 17.8 Å². The van der Waals surface area contributed by atoms with E-state index in [9.17, 15) is 4.79 Å². The Labute approximate surface area is 238 Å². The van der Waals surface area contributed by atoms with Gasteiger partial charge in [0.2, 0.25) is 6.54 Å². The van der Waals surface area contributed by atoms with Gasteiger partial charge in [-0.2, -0.15) is 4.57 Å². The summed E-state index contributed by atoms with van der Waals surface area (Å²) in [5.74, 6) is 2.26. The number of hydrogen-bond acceptors (Lipinski definition) is 3. The average molecular weight is 534 g/mol. The normalized spacial score (nSPS) is 13.6. The minimum atomic E-state index is -0.221. The van der Waals surface area contributed by atoms with E-state index < -0.39 is 0 Å². The number of allylic oxidation sites excluding steroid dienone is 1. The molecule has 0 saturated heterocycles. The van der Waals surface area contributed by atoms with E-state index in [1.807, 2.05) is 65.5 Å². The van der Waals surface area contributed by atoms with E-state index >= 15 is 0 Å². The van der Waals surface area contributed by atoms with Gasteiger partial charge in [0.15, 0.2) is 12.4 Å². The topological polar surface area (TPSA) is 56.2 Å². The summed E-state index contributed by atoms with van der Waals surface area (Å²) in [6.07, 6.45) is 21.7. The van der Waals surface area contributed by atoms with Crippen molar-refractivity contribution in [1.82, 2.24) is 0 Å². The van der Waals surface area contributed by atoms with Gasteiger partial charge in [-0.05, 0) is 66.9 Å². The Bertz CT molecular complexity index is 1010. The van der Waals surface area contributed by atoms with Gasteiger partial charge in [0.25, 0.3) is 0 Å². The number of rotatable bonds is 18. The Hall–Kier alpha value is -2.88. The molecule has 1 aromatic heterocycles. The van der Waals surface area contributed by atoms with Crippen molar-refractivity contribution < 1.29 is 14.1 Å². The van der Waals surface area contributed by atoms with Crippen LogP contribution in [0.1, 0.15) is 104 Å². The van der Waals surface area contributed by atoms with Crippen molar-refractivity contribution in [2.45, 2.75) is 99.0 Å². The average Bonchev–Trinajstić information content (AvgIpc) is 2.89. The molecule has 39 heavy (non-hydrogen) atoms. The first kappa shape index (κ1) is 32.3. The van der Waals surface area contributed by atoms with Crippen molar-refractivity contribution in [3.05, 3.63) is 71.6 Å². The van der Waals surface area contributed by atoms with E-state index in [0.717, 1.165) is 41.0 Å². The quantitative estimate of drug-likeness (QED) is 0.0902. The van der Waals surface area contributed by atoms with Crippen LogP contribution in [0.4, 0.5) is 5.69 Å². The summed E-state index contributed by atoms with van der Waals surface area (Å²) in [7, 11) is 0. The lowest BCUT2D eigenvalue weighted by Gasteiger charge is -2.15. The third kappa shape index (κ3) is 15.3. The Morgan fingerprint density at radius 3 is 1.95 bits per heavy atom. The minimum Gasteiger partial charge on any atom is -0.457 e. The summed E-state index contributed by atoms with van der Waals surface area (Å²) in [6.45, 7) is 12.2. The Balaban J connectivity index is 1.57. The van der Waals surface area contributed by atoms with Gasteiger partial charge in [0, 0.05) is 17.8 Å². The van der Waals surface area contributed by atoms with Gasteiger partial charge in [-0.25, -0.2) is 4.79 Å². The summed E-state index contributed by atoms with van der Waals surface area (Å²) in [6, 6.07) is 11.7. The molecule has 214 valence electrons. The molecule has 0 saturated carbocycles. The van der Waals surface area contributed by atoms with Crippen LogP contribution in [0, 0.1) is 17.8 Å². The van der Waals surface area contributed by atoms with E-state index in [0.29, 0.717) is 6.61 Å². The SMILES string of the molecule is C/C(=C\COC(=O)C[n+]1ccc(/C=C/c2ccc(N)cc2)cc1)CCCC(C)CCCC(C)CCCC(C)C. The number of hydrogen-bond donors (Lipinski definition) is 1. The molecular weight excluding hydrogens is 480 g/mol. The standard InChI is InChI=1S/C35H52N2O2/c1-28(2)9-6-10-29(3)11-7-12-30(4)13-8-14-31(5)23-26-39-35(38)27-37-24-21-33(22-25-37)16-15-32-17-19-34(36)20-18-32/h15-25,28-30,36H,6-14,26-27H2,1-5H3/p+1/b31-23+. The van der Waals surface area contributed by atoms with E-state index in [2.05, 4.69) is 40.7 Å². The predicted molar refractivity (Wildman–Crippen MR) is 166 cm³/mol. The van der Waals surface area contributed by atoms with Gasteiger partial charge in [0.05, 0.1) is 0 Å². The fourth-order valence-electron chi connectivity index (χ4n) is 4.77. The highest BCUT2D eigenvalue weighted by molar-refractivity contribution is 5.70. The van der Waals surface area contributed by atoms with Gasteiger partial charge in [-0.15, -0.1) is 0 Å². The van der Waals surface area contributed by atoms with E-state index in [4.69, 9.17) is 10.5 Å². The molecule has 0 aliphatic heterocycles. The van der Waals surface area contributed by atoms with Crippen LogP contribution in [0.3, 0.4) is 0 Å². The zero-order chi connectivity index (χ0) is 28.5. The lowest BCUT2D eigenvalue weighted by Crippen LogP contribution is -2.37. The number of nitrogen functional groups attached to an aromatic ring is 1. The molecule has 0 radical (unpaired) electrons. The second-order valence-electron chi connectivity index (χ2n) is 11.9. The monoisotopic (exact) mass is 533 g/mol. The molecule has 0 spiro atoms. The van der Waals surface area contributed by atoms with Crippen molar-refractivity contribution >= 4 is 23.8 Å². The zero-order valence-corrected chi connectivity index (χ0v) is 25.2. The number of pyridine rings is 1. The fraction of sp³-hybridized carbons (Fsp3) is 0.543. The summed E-state index contributed by atoms with van der Waals surface area (Å²) in [5.41, 5.74) is 9.95. The fourth-order valence-corrected chi connectivity index (χ4v) is 4.77. The maximum Gasteiger partial charge on any atom is 0.372 e. The summed E-state index contributed by atoms with van der Waals surface area (Å²) in [4.78, 5) is 12.3. The van der Waals surface area contributed by atoms with Crippen LogP contribution in [0.15, 0.2) is 60.4 Å². The number of benzene rings is 1. The highest BCUT2D eigenvalue weighted by Crippen LogP contribution is 2.22. The molecule has 2 aromatic rings. The molecule has 2 rings (SSSR count). The van der Waals surface area contributed by atoms with Crippen LogP contribution >= 0.6 is 0 Å². The third-order valence-corrected chi connectivity index (χ3v) is 7.45. The molecule has 0 aliphatic carbocycles. The first-order valence-electron chi connectivity index (χ1n) is 15.0. The summed E-state index contributed by atoms with van der Waals surface area (Å²) in [5, 5.41) is 0. The maximum atomic E-state index is 12.3. The van der Waals surface area contributed by atoms with Gasteiger partial charge >= 0.3 is 5.97 Å².